The molecule has 0 aromatic heterocycles. The lowest BCUT2D eigenvalue weighted by molar-refractivity contribution is -0.116. The Bertz CT molecular complexity index is 943. The molecule has 0 fully saturated rings. The van der Waals surface area contributed by atoms with Crippen LogP contribution in [0.15, 0.2) is 41.3 Å². The number of anilines is 1. The van der Waals surface area contributed by atoms with Crippen LogP contribution in [0, 0.1) is 11.3 Å². The lowest BCUT2D eigenvalue weighted by Gasteiger charge is -2.25. The summed E-state index contributed by atoms with van der Waals surface area (Å²) in [6.07, 6.45) is 0.245. The van der Waals surface area contributed by atoms with Crippen molar-refractivity contribution < 1.29 is 23.7 Å². The van der Waals surface area contributed by atoms with E-state index >= 15 is 0 Å². The van der Waals surface area contributed by atoms with Crippen LogP contribution in [0.3, 0.4) is 0 Å². The highest BCUT2D eigenvalue weighted by atomic mass is 32.2. The Morgan fingerprint density at radius 1 is 0.931 bits per heavy atom. The van der Waals surface area contributed by atoms with Crippen molar-refractivity contribution in [3.05, 3.63) is 36.4 Å². The first-order valence-electron chi connectivity index (χ1n) is 9.34. The minimum Gasteiger partial charge on any atom is -0.486 e. The van der Waals surface area contributed by atoms with Crippen LogP contribution < -0.4 is 23.8 Å². The molecule has 2 aromatic carbocycles. The number of carbonyl (C=O) groups excluding carboxylic acids is 1. The molecule has 2 aliphatic rings. The first-order chi connectivity index (χ1) is 14.2. The number of rotatable bonds is 6. The van der Waals surface area contributed by atoms with E-state index in [2.05, 4.69) is 6.07 Å². The van der Waals surface area contributed by atoms with Gasteiger partial charge in [-0.1, -0.05) is 0 Å². The molecule has 0 aliphatic carbocycles. The molecule has 2 aromatic rings. The van der Waals surface area contributed by atoms with Gasteiger partial charge in [0.15, 0.2) is 23.0 Å². The second-order valence-electron chi connectivity index (χ2n) is 6.38. The van der Waals surface area contributed by atoms with Gasteiger partial charge in [0.05, 0.1) is 18.2 Å². The van der Waals surface area contributed by atoms with E-state index in [1.165, 1.54) is 11.8 Å². The third-order valence-corrected chi connectivity index (χ3v) is 5.44. The monoisotopic (exact) mass is 412 g/mol. The summed E-state index contributed by atoms with van der Waals surface area (Å²) in [4.78, 5) is 15.5. The average Bonchev–Trinajstić information content (AvgIpc) is 2.77. The van der Waals surface area contributed by atoms with Crippen LogP contribution in [0.2, 0.25) is 0 Å². The number of ether oxygens (including phenoxy) is 4. The second kappa shape index (κ2) is 8.97. The molecule has 0 spiro atoms. The fraction of sp³-hybridized carbons (Fsp3) is 0.333. The Kier molecular flexibility index (Phi) is 5.96. The van der Waals surface area contributed by atoms with Gasteiger partial charge in [-0.2, -0.15) is 5.26 Å². The maximum absolute atomic E-state index is 12.9. The van der Waals surface area contributed by atoms with Crippen LogP contribution in [-0.4, -0.2) is 44.6 Å². The van der Waals surface area contributed by atoms with Gasteiger partial charge in [-0.25, -0.2) is 0 Å². The zero-order chi connectivity index (χ0) is 20.1. The summed E-state index contributed by atoms with van der Waals surface area (Å²) in [7, 11) is 0. The molecule has 2 aliphatic heterocycles. The van der Waals surface area contributed by atoms with Gasteiger partial charge < -0.3 is 23.8 Å². The first-order valence-corrected chi connectivity index (χ1v) is 10.3. The van der Waals surface area contributed by atoms with Crippen molar-refractivity contribution in [2.24, 2.45) is 0 Å². The van der Waals surface area contributed by atoms with Crippen molar-refractivity contribution in [2.45, 2.75) is 11.3 Å². The summed E-state index contributed by atoms with van der Waals surface area (Å²) in [5, 5.41) is 8.99. The Morgan fingerprint density at radius 3 is 2.24 bits per heavy atom. The van der Waals surface area contributed by atoms with Crippen LogP contribution >= 0.6 is 11.8 Å². The molecule has 0 saturated carbocycles. The summed E-state index contributed by atoms with van der Waals surface area (Å²) in [6, 6.07) is 13.2. The summed E-state index contributed by atoms with van der Waals surface area (Å²) >= 11 is 1.42. The SMILES string of the molecule is N#CCCN(C(=O)CSc1ccc2c(c1)OCCO2)c1ccc2c(c1)OCCO2. The largest absolute Gasteiger partial charge is 0.486 e. The van der Waals surface area contributed by atoms with Gasteiger partial charge in [0.1, 0.15) is 26.4 Å². The van der Waals surface area contributed by atoms with Crippen molar-refractivity contribution in [3.63, 3.8) is 0 Å². The van der Waals surface area contributed by atoms with Gasteiger partial charge in [0.25, 0.3) is 0 Å². The fourth-order valence-electron chi connectivity index (χ4n) is 3.10. The van der Waals surface area contributed by atoms with Crippen molar-refractivity contribution in [1.82, 2.24) is 0 Å². The number of benzene rings is 2. The Morgan fingerprint density at radius 2 is 1.55 bits per heavy atom. The normalized spacial score (nSPS) is 14.0. The summed E-state index contributed by atoms with van der Waals surface area (Å²) in [5.41, 5.74) is 0.692. The first kappa shape index (κ1) is 19.3. The number of nitrogens with zero attached hydrogens (tertiary/aromatic N) is 2. The molecule has 0 unspecified atom stereocenters. The maximum Gasteiger partial charge on any atom is 0.237 e. The van der Waals surface area contributed by atoms with Crippen molar-refractivity contribution in [2.75, 3.05) is 43.6 Å². The summed E-state index contributed by atoms with van der Waals surface area (Å²) in [5.74, 6) is 2.85. The third-order valence-electron chi connectivity index (χ3n) is 4.46. The van der Waals surface area contributed by atoms with Gasteiger partial charge in [-0.15, -0.1) is 11.8 Å². The van der Waals surface area contributed by atoms with E-state index in [1.54, 1.807) is 17.0 Å². The molecule has 0 saturated heterocycles. The second-order valence-corrected chi connectivity index (χ2v) is 7.42. The van der Waals surface area contributed by atoms with Crippen LogP contribution in [-0.2, 0) is 4.79 Å². The number of carbonyl (C=O) groups is 1. The number of hydrogen-bond donors (Lipinski definition) is 0. The molecule has 29 heavy (non-hydrogen) atoms. The standard InChI is InChI=1S/C21H20N2O5S/c22-6-1-7-23(15-2-4-17-19(12-15)27-10-8-25-17)21(24)14-29-16-3-5-18-20(13-16)28-11-9-26-18/h2-5,12-13H,1,7-11,14H2. The molecule has 7 nitrogen and oxygen atoms in total. The van der Waals surface area contributed by atoms with Crippen molar-refractivity contribution >= 4 is 23.4 Å². The topological polar surface area (TPSA) is 81.0 Å². The number of amides is 1. The molecule has 0 atom stereocenters. The lowest BCUT2D eigenvalue weighted by Crippen LogP contribution is -2.33. The van der Waals surface area contributed by atoms with E-state index in [-0.39, 0.29) is 18.1 Å². The van der Waals surface area contributed by atoms with Gasteiger partial charge in [-0.3, -0.25) is 4.79 Å². The Balaban J connectivity index is 1.47. The Hall–Kier alpha value is -3.05. The molecule has 2 heterocycles. The summed E-state index contributed by atoms with van der Waals surface area (Å²) in [6.45, 7) is 2.36. The highest BCUT2D eigenvalue weighted by Crippen LogP contribution is 2.36. The minimum absolute atomic E-state index is 0.0863. The van der Waals surface area contributed by atoms with E-state index in [0.717, 1.165) is 10.6 Å². The highest BCUT2D eigenvalue weighted by Gasteiger charge is 2.20. The molecule has 8 heteroatoms. The average molecular weight is 412 g/mol. The van der Waals surface area contributed by atoms with Crippen molar-refractivity contribution in [3.8, 4) is 29.1 Å². The smallest absolute Gasteiger partial charge is 0.237 e. The number of thioether (sulfide) groups is 1. The molecule has 4 rings (SSSR count). The van der Waals surface area contributed by atoms with Gasteiger partial charge >= 0.3 is 0 Å². The highest BCUT2D eigenvalue weighted by molar-refractivity contribution is 8.00. The minimum atomic E-state index is -0.0863. The third kappa shape index (κ3) is 4.51. The lowest BCUT2D eigenvalue weighted by atomic mass is 10.2. The van der Waals surface area contributed by atoms with Gasteiger partial charge in [0.2, 0.25) is 5.91 Å². The summed E-state index contributed by atoms with van der Waals surface area (Å²) < 4.78 is 22.3. The van der Waals surface area contributed by atoms with Crippen LogP contribution in [0.25, 0.3) is 0 Å². The van der Waals surface area contributed by atoms with Crippen LogP contribution in [0.4, 0.5) is 5.69 Å². The van der Waals surface area contributed by atoms with Crippen LogP contribution in [0.1, 0.15) is 6.42 Å². The zero-order valence-corrected chi connectivity index (χ0v) is 16.6. The predicted molar refractivity (Wildman–Crippen MR) is 108 cm³/mol. The zero-order valence-electron chi connectivity index (χ0n) is 15.8. The van der Waals surface area contributed by atoms with E-state index in [0.29, 0.717) is 55.9 Å². The quantitative estimate of drug-likeness (QED) is 0.674. The van der Waals surface area contributed by atoms with E-state index < -0.39 is 0 Å². The molecule has 0 bridgehead atoms. The van der Waals surface area contributed by atoms with Gasteiger partial charge in [0, 0.05) is 23.2 Å². The number of hydrogen-bond acceptors (Lipinski definition) is 7. The number of nitriles is 1. The molecule has 0 N–H and O–H groups in total. The number of fused-ring (bicyclic) bond motifs is 2. The molecular weight excluding hydrogens is 392 g/mol. The van der Waals surface area contributed by atoms with E-state index in [9.17, 15) is 4.79 Å². The molecule has 0 radical (unpaired) electrons. The maximum atomic E-state index is 12.9. The van der Waals surface area contributed by atoms with Crippen LogP contribution in [0.5, 0.6) is 23.0 Å². The molecular formula is C21H20N2O5S. The van der Waals surface area contributed by atoms with E-state index in [1.807, 2.05) is 24.3 Å². The van der Waals surface area contributed by atoms with Crippen molar-refractivity contribution in [1.29, 1.82) is 5.26 Å². The Labute approximate surface area is 173 Å². The van der Waals surface area contributed by atoms with Gasteiger partial charge in [-0.05, 0) is 30.3 Å². The molecule has 1 amide bonds. The molecule has 150 valence electrons. The van der Waals surface area contributed by atoms with E-state index in [4.69, 9.17) is 24.2 Å². The fourth-order valence-corrected chi connectivity index (χ4v) is 3.90. The predicted octanol–water partition coefficient (Wildman–Crippen LogP) is 3.27.